The van der Waals surface area contributed by atoms with Crippen LogP contribution in [0, 0.1) is 5.92 Å². The molecule has 0 aliphatic heterocycles. The van der Waals surface area contributed by atoms with Crippen LogP contribution in [0.1, 0.15) is 20.8 Å². The largest absolute Gasteiger partial charge is 0.399 e. The molecule has 21 heavy (non-hydrogen) atoms. The summed E-state index contributed by atoms with van der Waals surface area (Å²) in [5.41, 5.74) is 6.63. The summed E-state index contributed by atoms with van der Waals surface area (Å²) in [6.07, 6.45) is 0. The van der Waals surface area contributed by atoms with Gasteiger partial charge < -0.3 is 15.8 Å². The highest BCUT2D eigenvalue weighted by atomic mass is 32.2. The number of hydrogen-bond donors (Lipinski definition) is 3. The van der Waals surface area contributed by atoms with Gasteiger partial charge in [0.2, 0.25) is 10.0 Å². The lowest BCUT2D eigenvalue weighted by Gasteiger charge is -2.24. The van der Waals surface area contributed by atoms with Crippen molar-refractivity contribution in [2.75, 3.05) is 31.3 Å². The van der Waals surface area contributed by atoms with Crippen molar-refractivity contribution < 1.29 is 13.2 Å². The molecule has 7 heteroatoms. The van der Waals surface area contributed by atoms with Crippen LogP contribution in [0.2, 0.25) is 0 Å². The first-order valence-electron chi connectivity index (χ1n) is 6.99. The van der Waals surface area contributed by atoms with E-state index in [0.29, 0.717) is 30.5 Å². The monoisotopic (exact) mass is 315 g/mol. The molecule has 0 aromatic heterocycles. The standard InChI is InChI=1S/C14H25N3O3S/c1-5-20-9-13(10(2)3)17-12-7-6-11(15)8-14(12)21(18,19)16-4/h6-8,10,13,16-17H,5,9,15H2,1-4H3. The van der Waals surface area contributed by atoms with E-state index in [1.807, 2.05) is 6.92 Å². The van der Waals surface area contributed by atoms with Crippen molar-refractivity contribution in [1.82, 2.24) is 4.72 Å². The zero-order valence-electron chi connectivity index (χ0n) is 13.0. The van der Waals surface area contributed by atoms with Gasteiger partial charge in [-0.05, 0) is 38.1 Å². The first-order chi connectivity index (χ1) is 9.81. The highest BCUT2D eigenvalue weighted by molar-refractivity contribution is 7.89. The lowest BCUT2D eigenvalue weighted by atomic mass is 10.0. The molecule has 1 aromatic rings. The summed E-state index contributed by atoms with van der Waals surface area (Å²) in [7, 11) is -2.20. The van der Waals surface area contributed by atoms with Gasteiger partial charge in [-0.1, -0.05) is 13.8 Å². The Hall–Kier alpha value is -1.31. The second kappa shape index (κ2) is 7.63. The van der Waals surface area contributed by atoms with Crippen molar-refractivity contribution >= 4 is 21.4 Å². The molecule has 0 fully saturated rings. The minimum Gasteiger partial charge on any atom is -0.399 e. The van der Waals surface area contributed by atoms with Gasteiger partial charge >= 0.3 is 0 Å². The van der Waals surface area contributed by atoms with E-state index in [9.17, 15) is 8.42 Å². The number of nitrogen functional groups attached to an aromatic ring is 1. The van der Waals surface area contributed by atoms with Crippen molar-refractivity contribution in [2.45, 2.75) is 31.7 Å². The zero-order chi connectivity index (χ0) is 16.0. The molecule has 1 rings (SSSR count). The molecule has 4 N–H and O–H groups in total. The van der Waals surface area contributed by atoms with E-state index in [2.05, 4.69) is 23.9 Å². The summed E-state index contributed by atoms with van der Waals surface area (Å²) in [5.74, 6) is 0.291. The molecule has 0 spiro atoms. The topological polar surface area (TPSA) is 93.4 Å². The summed E-state index contributed by atoms with van der Waals surface area (Å²) in [4.78, 5) is 0.146. The lowest BCUT2D eigenvalue weighted by Crippen LogP contribution is -2.32. The number of nitrogens with one attached hydrogen (secondary N) is 2. The summed E-state index contributed by atoms with van der Waals surface area (Å²) >= 11 is 0. The second-order valence-electron chi connectivity index (χ2n) is 5.12. The van der Waals surface area contributed by atoms with Crippen LogP contribution >= 0.6 is 0 Å². The van der Waals surface area contributed by atoms with Gasteiger partial charge in [0.05, 0.1) is 18.3 Å². The SMILES string of the molecule is CCOCC(Nc1ccc(N)cc1S(=O)(=O)NC)C(C)C. The van der Waals surface area contributed by atoms with Gasteiger partial charge in [0.25, 0.3) is 0 Å². The predicted molar refractivity (Wildman–Crippen MR) is 85.8 cm³/mol. The number of rotatable bonds is 8. The molecule has 6 nitrogen and oxygen atoms in total. The third-order valence-electron chi connectivity index (χ3n) is 3.21. The summed E-state index contributed by atoms with van der Waals surface area (Å²) in [6, 6.07) is 4.82. The van der Waals surface area contributed by atoms with Crippen LogP contribution in [0.3, 0.4) is 0 Å². The van der Waals surface area contributed by atoms with Crippen molar-refractivity contribution in [1.29, 1.82) is 0 Å². The van der Waals surface area contributed by atoms with Crippen LogP contribution in [0.25, 0.3) is 0 Å². The number of hydrogen-bond acceptors (Lipinski definition) is 5. The Morgan fingerprint density at radius 3 is 2.52 bits per heavy atom. The highest BCUT2D eigenvalue weighted by Gasteiger charge is 2.21. The van der Waals surface area contributed by atoms with Crippen LogP contribution in [0.15, 0.2) is 23.1 Å². The van der Waals surface area contributed by atoms with E-state index >= 15 is 0 Å². The minimum absolute atomic E-state index is 0.0133. The Kier molecular flexibility index (Phi) is 6.44. The normalized spacial score (nSPS) is 13.4. The van der Waals surface area contributed by atoms with Crippen molar-refractivity contribution in [3.05, 3.63) is 18.2 Å². The molecular formula is C14H25N3O3S. The molecule has 1 unspecified atom stereocenters. The Morgan fingerprint density at radius 1 is 1.33 bits per heavy atom. The molecule has 0 saturated carbocycles. The Morgan fingerprint density at radius 2 is 2.00 bits per heavy atom. The van der Waals surface area contributed by atoms with Gasteiger partial charge in [0.15, 0.2) is 0 Å². The lowest BCUT2D eigenvalue weighted by molar-refractivity contribution is 0.126. The zero-order valence-corrected chi connectivity index (χ0v) is 13.8. The Bertz CT molecular complexity index is 559. The second-order valence-corrected chi connectivity index (χ2v) is 6.97. The fourth-order valence-corrected chi connectivity index (χ4v) is 2.76. The summed E-state index contributed by atoms with van der Waals surface area (Å²) in [6.45, 7) is 7.17. The van der Waals surface area contributed by atoms with Gasteiger partial charge in [0.1, 0.15) is 4.90 Å². The van der Waals surface area contributed by atoms with Crippen LogP contribution in [0.4, 0.5) is 11.4 Å². The fraction of sp³-hybridized carbons (Fsp3) is 0.571. The molecule has 0 radical (unpaired) electrons. The van der Waals surface area contributed by atoms with E-state index < -0.39 is 10.0 Å². The summed E-state index contributed by atoms with van der Waals surface area (Å²) < 4.78 is 32.0. The average Bonchev–Trinajstić information content (AvgIpc) is 2.44. The van der Waals surface area contributed by atoms with Gasteiger partial charge in [-0.2, -0.15) is 0 Å². The molecule has 0 heterocycles. The number of nitrogens with two attached hydrogens (primary N) is 1. The summed E-state index contributed by atoms with van der Waals surface area (Å²) in [5, 5.41) is 3.25. The van der Waals surface area contributed by atoms with Gasteiger partial charge in [-0.3, -0.25) is 0 Å². The van der Waals surface area contributed by atoms with Crippen molar-refractivity contribution in [3.63, 3.8) is 0 Å². The Labute approximate surface area is 127 Å². The number of benzene rings is 1. The van der Waals surface area contributed by atoms with Crippen LogP contribution in [0.5, 0.6) is 0 Å². The molecule has 0 amide bonds. The molecule has 0 saturated heterocycles. The number of ether oxygens (including phenoxy) is 1. The maximum atomic E-state index is 12.1. The van der Waals surface area contributed by atoms with E-state index in [4.69, 9.17) is 10.5 Å². The average molecular weight is 315 g/mol. The van der Waals surface area contributed by atoms with E-state index in [1.54, 1.807) is 12.1 Å². The van der Waals surface area contributed by atoms with Crippen LogP contribution in [-0.4, -0.2) is 34.7 Å². The fourth-order valence-electron chi connectivity index (χ4n) is 1.84. The van der Waals surface area contributed by atoms with Crippen molar-refractivity contribution in [3.8, 4) is 0 Å². The minimum atomic E-state index is -3.58. The molecule has 1 atom stereocenters. The molecule has 1 aromatic carbocycles. The molecule has 0 bridgehead atoms. The Balaban J connectivity index is 3.12. The first kappa shape index (κ1) is 17.7. The van der Waals surface area contributed by atoms with E-state index in [1.165, 1.54) is 13.1 Å². The van der Waals surface area contributed by atoms with Gasteiger partial charge in [-0.25, -0.2) is 13.1 Å². The highest BCUT2D eigenvalue weighted by Crippen LogP contribution is 2.25. The van der Waals surface area contributed by atoms with Crippen LogP contribution in [-0.2, 0) is 14.8 Å². The molecule has 0 aliphatic carbocycles. The van der Waals surface area contributed by atoms with Crippen LogP contribution < -0.4 is 15.8 Å². The number of sulfonamides is 1. The van der Waals surface area contributed by atoms with Crippen molar-refractivity contribution in [2.24, 2.45) is 5.92 Å². The van der Waals surface area contributed by atoms with Gasteiger partial charge in [0, 0.05) is 12.3 Å². The number of anilines is 2. The molecular weight excluding hydrogens is 290 g/mol. The van der Waals surface area contributed by atoms with E-state index in [-0.39, 0.29) is 10.9 Å². The third-order valence-corrected chi connectivity index (χ3v) is 4.67. The quantitative estimate of drug-likeness (QED) is 0.634. The third kappa shape index (κ3) is 4.87. The smallest absolute Gasteiger partial charge is 0.242 e. The molecule has 0 aliphatic rings. The van der Waals surface area contributed by atoms with Gasteiger partial charge in [-0.15, -0.1) is 0 Å². The van der Waals surface area contributed by atoms with E-state index in [0.717, 1.165) is 0 Å². The first-order valence-corrected chi connectivity index (χ1v) is 8.47. The molecule has 120 valence electrons. The maximum absolute atomic E-state index is 12.1. The predicted octanol–water partition coefficient (Wildman–Crippen LogP) is 1.65. The maximum Gasteiger partial charge on any atom is 0.242 e.